The second-order valence-corrected chi connectivity index (χ2v) is 6.43. The summed E-state index contributed by atoms with van der Waals surface area (Å²) in [6.07, 6.45) is 7.76. The van der Waals surface area contributed by atoms with Crippen molar-refractivity contribution >= 4 is 17.4 Å². The first-order valence-corrected chi connectivity index (χ1v) is 8.95. The number of benzene rings is 1. The number of anilines is 2. The molecule has 0 aliphatic heterocycles. The summed E-state index contributed by atoms with van der Waals surface area (Å²) in [7, 11) is 3.15. The normalized spacial score (nSPS) is 14.5. The van der Waals surface area contributed by atoms with E-state index in [-0.39, 0.29) is 5.91 Å². The number of amides is 1. The van der Waals surface area contributed by atoms with Crippen LogP contribution in [0.4, 0.5) is 11.5 Å². The zero-order chi connectivity index (χ0) is 18.4. The van der Waals surface area contributed by atoms with Crippen molar-refractivity contribution in [2.75, 3.05) is 24.9 Å². The molecule has 0 saturated heterocycles. The first-order valence-electron chi connectivity index (χ1n) is 8.95. The molecule has 1 heterocycles. The molecule has 1 aromatic heterocycles. The molecule has 6 heteroatoms. The number of rotatable bonds is 6. The van der Waals surface area contributed by atoms with Gasteiger partial charge in [-0.1, -0.05) is 19.3 Å². The van der Waals surface area contributed by atoms with E-state index in [1.807, 2.05) is 0 Å². The molecule has 0 unspecified atom stereocenters. The summed E-state index contributed by atoms with van der Waals surface area (Å²) >= 11 is 0. The predicted molar refractivity (Wildman–Crippen MR) is 102 cm³/mol. The van der Waals surface area contributed by atoms with Gasteiger partial charge in [-0.05, 0) is 37.1 Å². The van der Waals surface area contributed by atoms with Crippen molar-refractivity contribution in [3.63, 3.8) is 0 Å². The Morgan fingerprint density at radius 2 is 1.88 bits per heavy atom. The number of carbonyl (C=O) groups excluding carboxylic acids is 1. The molecule has 26 heavy (non-hydrogen) atoms. The number of hydrogen-bond acceptors (Lipinski definition) is 5. The van der Waals surface area contributed by atoms with Crippen LogP contribution in [0.5, 0.6) is 11.5 Å². The van der Waals surface area contributed by atoms with Gasteiger partial charge in [0.05, 0.1) is 19.9 Å². The van der Waals surface area contributed by atoms with Crippen molar-refractivity contribution in [3.8, 4) is 11.5 Å². The standard InChI is InChI=1S/C20H25N3O3/c1-25-16-8-9-17(18(13-16)26-2)23-20(24)14-10-11-21-19(12-14)22-15-6-4-3-5-7-15/h8-13,15H,3-7H2,1-2H3,(H,21,22)(H,23,24). The quantitative estimate of drug-likeness (QED) is 0.816. The second kappa shape index (κ2) is 8.56. The van der Waals surface area contributed by atoms with Gasteiger partial charge in [-0.2, -0.15) is 0 Å². The van der Waals surface area contributed by atoms with E-state index in [0.717, 1.165) is 18.7 Å². The minimum atomic E-state index is -0.206. The fraction of sp³-hybridized carbons (Fsp3) is 0.400. The van der Waals surface area contributed by atoms with E-state index in [9.17, 15) is 4.79 Å². The van der Waals surface area contributed by atoms with Crippen molar-refractivity contribution in [2.45, 2.75) is 38.1 Å². The van der Waals surface area contributed by atoms with E-state index >= 15 is 0 Å². The molecule has 1 aliphatic carbocycles. The minimum absolute atomic E-state index is 0.206. The van der Waals surface area contributed by atoms with Crippen LogP contribution in [-0.2, 0) is 0 Å². The lowest BCUT2D eigenvalue weighted by Crippen LogP contribution is -2.23. The smallest absolute Gasteiger partial charge is 0.255 e. The van der Waals surface area contributed by atoms with Gasteiger partial charge in [0, 0.05) is 23.9 Å². The van der Waals surface area contributed by atoms with E-state index in [4.69, 9.17) is 9.47 Å². The van der Waals surface area contributed by atoms with Gasteiger partial charge in [0.2, 0.25) is 0 Å². The largest absolute Gasteiger partial charge is 0.497 e. The molecule has 0 bridgehead atoms. The molecule has 1 amide bonds. The molecule has 0 spiro atoms. The zero-order valence-electron chi connectivity index (χ0n) is 15.2. The summed E-state index contributed by atoms with van der Waals surface area (Å²) in [5, 5.41) is 6.33. The van der Waals surface area contributed by atoms with E-state index in [0.29, 0.717) is 28.8 Å². The van der Waals surface area contributed by atoms with Gasteiger partial charge in [0.15, 0.2) is 0 Å². The van der Waals surface area contributed by atoms with Crippen molar-refractivity contribution in [1.29, 1.82) is 0 Å². The molecule has 6 nitrogen and oxygen atoms in total. The summed E-state index contributed by atoms with van der Waals surface area (Å²) < 4.78 is 10.5. The van der Waals surface area contributed by atoms with Crippen LogP contribution >= 0.6 is 0 Å². The predicted octanol–water partition coefficient (Wildman–Crippen LogP) is 4.10. The fourth-order valence-corrected chi connectivity index (χ4v) is 3.20. The van der Waals surface area contributed by atoms with E-state index in [1.54, 1.807) is 50.7 Å². The summed E-state index contributed by atoms with van der Waals surface area (Å²) in [5.74, 6) is 1.75. The Morgan fingerprint density at radius 3 is 2.62 bits per heavy atom. The monoisotopic (exact) mass is 355 g/mol. The lowest BCUT2D eigenvalue weighted by atomic mass is 9.95. The molecule has 2 N–H and O–H groups in total. The highest BCUT2D eigenvalue weighted by Crippen LogP contribution is 2.29. The maximum Gasteiger partial charge on any atom is 0.255 e. The van der Waals surface area contributed by atoms with Crippen LogP contribution in [0.3, 0.4) is 0 Å². The van der Waals surface area contributed by atoms with Crippen molar-refractivity contribution < 1.29 is 14.3 Å². The van der Waals surface area contributed by atoms with Crippen molar-refractivity contribution in [3.05, 3.63) is 42.1 Å². The average Bonchev–Trinajstić information content (AvgIpc) is 2.69. The van der Waals surface area contributed by atoms with E-state index in [1.165, 1.54) is 19.3 Å². The fourth-order valence-electron chi connectivity index (χ4n) is 3.20. The van der Waals surface area contributed by atoms with Crippen LogP contribution in [0.1, 0.15) is 42.5 Å². The molecular weight excluding hydrogens is 330 g/mol. The number of carbonyl (C=O) groups is 1. The van der Waals surface area contributed by atoms with Gasteiger partial charge in [0.25, 0.3) is 5.91 Å². The number of aromatic nitrogens is 1. The second-order valence-electron chi connectivity index (χ2n) is 6.43. The first-order chi connectivity index (χ1) is 12.7. The lowest BCUT2D eigenvalue weighted by Gasteiger charge is -2.23. The number of nitrogens with zero attached hydrogens (tertiary/aromatic N) is 1. The summed E-state index contributed by atoms with van der Waals surface area (Å²) in [6.45, 7) is 0. The highest BCUT2D eigenvalue weighted by molar-refractivity contribution is 6.05. The Morgan fingerprint density at radius 1 is 1.08 bits per heavy atom. The molecule has 0 radical (unpaired) electrons. The Kier molecular flexibility index (Phi) is 5.94. The maximum absolute atomic E-state index is 12.6. The van der Waals surface area contributed by atoms with Gasteiger partial charge >= 0.3 is 0 Å². The first kappa shape index (κ1) is 18.0. The molecule has 3 rings (SSSR count). The van der Waals surface area contributed by atoms with Gasteiger partial charge in [-0.15, -0.1) is 0 Å². The van der Waals surface area contributed by atoms with Gasteiger partial charge in [0.1, 0.15) is 17.3 Å². The summed E-state index contributed by atoms with van der Waals surface area (Å²) in [4.78, 5) is 17.0. The summed E-state index contributed by atoms with van der Waals surface area (Å²) in [5.41, 5.74) is 1.15. The number of hydrogen-bond donors (Lipinski definition) is 2. The van der Waals surface area contributed by atoms with Crippen LogP contribution in [0.2, 0.25) is 0 Å². The molecule has 138 valence electrons. The zero-order valence-corrected chi connectivity index (χ0v) is 15.2. The molecule has 1 aromatic carbocycles. The highest BCUT2D eigenvalue weighted by Gasteiger charge is 2.15. The maximum atomic E-state index is 12.6. The lowest BCUT2D eigenvalue weighted by molar-refractivity contribution is 0.102. The number of pyridine rings is 1. The number of ether oxygens (including phenoxy) is 2. The molecule has 2 aromatic rings. The van der Waals surface area contributed by atoms with E-state index in [2.05, 4.69) is 15.6 Å². The number of methoxy groups -OCH3 is 2. The Labute approximate surface area is 153 Å². The Bertz CT molecular complexity index is 758. The van der Waals surface area contributed by atoms with E-state index < -0.39 is 0 Å². The Hall–Kier alpha value is -2.76. The van der Waals surface area contributed by atoms with Crippen molar-refractivity contribution in [1.82, 2.24) is 4.98 Å². The van der Waals surface area contributed by atoms with Crippen LogP contribution in [0, 0.1) is 0 Å². The Balaban J connectivity index is 1.70. The molecule has 0 atom stereocenters. The van der Waals surface area contributed by atoms with Crippen LogP contribution in [-0.4, -0.2) is 31.2 Å². The summed E-state index contributed by atoms with van der Waals surface area (Å²) in [6, 6.07) is 9.21. The third kappa shape index (κ3) is 4.45. The topological polar surface area (TPSA) is 72.5 Å². The third-order valence-electron chi connectivity index (χ3n) is 4.64. The van der Waals surface area contributed by atoms with Crippen LogP contribution in [0.15, 0.2) is 36.5 Å². The minimum Gasteiger partial charge on any atom is -0.497 e. The SMILES string of the molecule is COc1ccc(NC(=O)c2ccnc(NC3CCCCC3)c2)c(OC)c1. The molecular formula is C20H25N3O3. The molecule has 1 saturated carbocycles. The van der Waals surface area contributed by atoms with Crippen molar-refractivity contribution in [2.24, 2.45) is 0 Å². The molecule has 1 fully saturated rings. The highest BCUT2D eigenvalue weighted by atomic mass is 16.5. The van der Waals surface area contributed by atoms with Crippen LogP contribution < -0.4 is 20.1 Å². The van der Waals surface area contributed by atoms with Crippen LogP contribution in [0.25, 0.3) is 0 Å². The number of nitrogens with one attached hydrogen (secondary N) is 2. The third-order valence-corrected chi connectivity index (χ3v) is 4.64. The average molecular weight is 355 g/mol. The van der Waals surface area contributed by atoms with Gasteiger partial charge in [-0.25, -0.2) is 4.98 Å². The van der Waals surface area contributed by atoms with Gasteiger partial charge in [-0.3, -0.25) is 4.79 Å². The van der Waals surface area contributed by atoms with Gasteiger partial charge < -0.3 is 20.1 Å². The molecule has 1 aliphatic rings.